The summed E-state index contributed by atoms with van der Waals surface area (Å²) in [4.78, 5) is 14.3. The average Bonchev–Trinajstić information content (AvgIpc) is 2.43. The highest BCUT2D eigenvalue weighted by atomic mass is 16.5. The summed E-state index contributed by atoms with van der Waals surface area (Å²) in [6.07, 6.45) is 5.61. The summed E-state index contributed by atoms with van der Waals surface area (Å²) >= 11 is 0. The van der Waals surface area contributed by atoms with Gasteiger partial charge in [-0.1, -0.05) is 13.8 Å². The SMILES string of the molecule is CNC(C)(CCCCN1CCC(C)(C)CC1)C(=O)OC. The maximum Gasteiger partial charge on any atom is 0.325 e. The summed E-state index contributed by atoms with van der Waals surface area (Å²) in [6.45, 7) is 10.2. The summed E-state index contributed by atoms with van der Waals surface area (Å²) in [5.41, 5.74) is -0.0231. The lowest BCUT2D eigenvalue weighted by atomic mass is 9.82. The Morgan fingerprint density at radius 1 is 1.30 bits per heavy atom. The van der Waals surface area contributed by atoms with Crippen molar-refractivity contribution >= 4 is 5.97 Å². The van der Waals surface area contributed by atoms with E-state index in [0.29, 0.717) is 5.41 Å². The molecule has 1 heterocycles. The Kier molecular flexibility index (Phi) is 6.46. The molecule has 4 heteroatoms. The highest BCUT2D eigenvalue weighted by Crippen LogP contribution is 2.29. The van der Waals surface area contributed by atoms with E-state index in [-0.39, 0.29) is 5.97 Å². The number of likely N-dealkylation sites (tertiary alicyclic amines) is 1. The molecule has 0 spiro atoms. The first kappa shape index (κ1) is 17.4. The molecule has 0 saturated carbocycles. The van der Waals surface area contributed by atoms with Crippen molar-refractivity contribution in [3.8, 4) is 0 Å². The van der Waals surface area contributed by atoms with E-state index >= 15 is 0 Å². The Morgan fingerprint density at radius 2 is 1.90 bits per heavy atom. The van der Waals surface area contributed by atoms with E-state index in [1.165, 1.54) is 33.0 Å². The number of nitrogens with zero attached hydrogens (tertiary/aromatic N) is 1. The molecule has 1 N–H and O–H groups in total. The fourth-order valence-corrected chi connectivity index (χ4v) is 2.75. The van der Waals surface area contributed by atoms with E-state index in [9.17, 15) is 4.79 Å². The fourth-order valence-electron chi connectivity index (χ4n) is 2.75. The van der Waals surface area contributed by atoms with Gasteiger partial charge in [-0.15, -0.1) is 0 Å². The zero-order valence-corrected chi connectivity index (χ0v) is 13.9. The first-order chi connectivity index (χ1) is 9.33. The maximum atomic E-state index is 11.7. The Morgan fingerprint density at radius 3 is 2.40 bits per heavy atom. The molecule has 0 amide bonds. The molecule has 118 valence electrons. The predicted molar refractivity (Wildman–Crippen MR) is 82.8 cm³/mol. The molecule has 1 fully saturated rings. The summed E-state index contributed by atoms with van der Waals surface area (Å²) in [6, 6.07) is 0. The summed E-state index contributed by atoms with van der Waals surface area (Å²) < 4.78 is 4.86. The van der Waals surface area contributed by atoms with Gasteiger partial charge < -0.3 is 15.0 Å². The van der Waals surface area contributed by atoms with Gasteiger partial charge in [-0.25, -0.2) is 0 Å². The number of piperidine rings is 1. The third kappa shape index (κ3) is 5.06. The van der Waals surface area contributed by atoms with Crippen molar-refractivity contribution in [3.63, 3.8) is 0 Å². The topological polar surface area (TPSA) is 41.6 Å². The normalized spacial score (nSPS) is 22.2. The molecule has 1 aliphatic rings. The number of carbonyl (C=O) groups excluding carboxylic acids is 1. The van der Waals surface area contributed by atoms with E-state index in [2.05, 4.69) is 24.1 Å². The monoisotopic (exact) mass is 284 g/mol. The van der Waals surface area contributed by atoms with Crippen molar-refractivity contribution in [2.45, 2.75) is 58.4 Å². The van der Waals surface area contributed by atoms with Crippen molar-refractivity contribution in [2.24, 2.45) is 5.41 Å². The molecule has 1 rings (SSSR count). The fraction of sp³-hybridized carbons (Fsp3) is 0.938. The van der Waals surface area contributed by atoms with E-state index in [1.807, 2.05) is 14.0 Å². The molecule has 0 aromatic heterocycles. The largest absolute Gasteiger partial charge is 0.468 e. The van der Waals surface area contributed by atoms with Crippen LogP contribution in [0.3, 0.4) is 0 Å². The van der Waals surface area contributed by atoms with Crippen LogP contribution in [0, 0.1) is 5.41 Å². The van der Waals surface area contributed by atoms with Crippen molar-refractivity contribution in [3.05, 3.63) is 0 Å². The first-order valence-electron chi connectivity index (χ1n) is 7.83. The average molecular weight is 284 g/mol. The van der Waals surface area contributed by atoms with Crippen molar-refractivity contribution in [2.75, 3.05) is 33.8 Å². The third-order valence-corrected chi connectivity index (χ3v) is 4.80. The van der Waals surface area contributed by atoms with Gasteiger partial charge in [0.2, 0.25) is 0 Å². The summed E-state index contributed by atoms with van der Waals surface area (Å²) in [5, 5.41) is 3.09. The summed E-state index contributed by atoms with van der Waals surface area (Å²) in [5.74, 6) is -0.167. The molecule has 1 atom stereocenters. The second kappa shape index (κ2) is 7.41. The number of methoxy groups -OCH3 is 1. The van der Waals surface area contributed by atoms with E-state index in [0.717, 1.165) is 25.8 Å². The van der Waals surface area contributed by atoms with Gasteiger partial charge in [0.25, 0.3) is 0 Å². The molecular formula is C16H32N2O2. The van der Waals surface area contributed by atoms with Crippen LogP contribution in [-0.2, 0) is 9.53 Å². The molecule has 0 aromatic rings. The van der Waals surface area contributed by atoms with Crippen LogP contribution in [0.1, 0.15) is 52.9 Å². The second-order valence-electron chi connectivity index (χ2n) is 7.04. The Hall–Kier alpha value is -0.610. The molecule has 0 aromatic carbocycles. The lowest BCUT2D eigenvalue weighted by molar-refractivity contribution is -0.148. The number of esters is 1. The van der Waals surface area contributed by atoms with Crippen molar-refractivity contribution in [1.29, 1.82) is 0 Å². The Balaban J connectivity index is 2.23. The number of unbranched alkanes of at least 4 members (excludes halogenated alkanes) is 1. The lowest BCUT2D eigenvalue weighted by Crippen LogP contribution is -2.48. The number of likely N-dealkylation sites (N-methyl/N-ethyl adjacent to an activating group) is 1. The van der Waals surface area contributed by atoms with Crippen LogP contribution < -0.4 is 5.32 Å². The van der Waals surface area contributed by atoms with Gasteiger partial charge in [0, 0.05) is 0 Å². The Labute approximate surface area is 124 Å². The molecule has 1 unspecified atom stereocenters. The smallest absolute Gasteiger partial charge is 0.325 e. The third-order valence-electron chi connectivity index (χ3n) is 4.80. The molecular weight excluding hydrogens is 252 g/mol. The van der Waals surface area contributed by atoms with Crippen LogP contribution >= 0.6 is 0 Å². The summed E-state index contributed by atoms with van der Waals surface area (Å²) in [7, 11) is 3.27. The highest BCUT2D eigenvalue weighted by Gasteiger charge is 2.32. The second-order valence-corrected chi connectivity index (χ2v) is 7.04. The first-order valence-corrected chi connectivity index (χ1v) is 7.83. The minimum absolute atomic E-state index is 0.167. The van der Waals surface area contributed by atoms with Crippen LogP contribution in [0.15, 0.2) is 0 Å². The van der Waals surface area contributed by atoms with Crippen LogP contribution in [0.5, 0.6) is 0 Å². The molecule has 1 aliphatic heterocycles. The number of hydrogen-bond acceptors (Lipinski definition) is 4. The predicted octanol–water partition coefficient (Wildman–Crippen LogP) is 2.43. The van der Waals surface area contributed by atoms with Crippen LogP contribution in [0.25, 0.3) is 0 Å². The number of nitrogens with one attached hydrogen (secondary N) is 1. The van der Waals surface area contributed by atoms with Crippen molar-refractivity contribution in [1.82, 2.24) is 10.2 Å². The lowest BCUT2D eigenvalue weighted by Gasteiger charge is -2.37. The van der Waals surface area contributed by atoms with Gasteiger partial charge in [-0.05, 0) is 71.1 Å². The number of hydrogen-bond donors (Lipinski definition) is 1. The number of carbonyl (C=O) groups is 1. The van der Waals surface area contributed by atoms with Crippen LogP contribution in [0.2, 0.25) is 0 Å². The zero-order chi connectivity index (χ0) is 15.2. The molecule has 20 heavy (non-hydrogen) atoms. The zero-order valence-electron chi connectivity index (χ0n) is 13.9. The van der Waals surface area contributed by atoms with Gasteiger partial charge in [-0.2, -0.15) is 0 Å². The van der Waals surface area contributed by atoms with Gasteiger partial charge in [0.15, 0.2) is 0 Å². The van der Waals surface area contributed by atoms with E-state index in [1.54, 1.807) is 0 Å². The molecule has 4 nitrogen and oxygen atoms in total. The van der Waals surface area contributed by atoms with E-state index in [4.69, 9.17) is 4.74 Å². The number of rotatable bonds is 7. The van der Waals surface area contributed by atoms with Gasteiger partial charge in [0.05, 0.1) is 7.11 Å². The highest BCUT2D eigenvalue weighted by molar-refractivity contribution is 5.80. The minimum atomic E-state index is -0.543. The minimum Gasteiger partial charge on any atom is -0.468 e. The van der Waals surface area contributed by atoms with Gasteiger partial charge in [0.1, 0.15) is 5.54 Å². The maximum absolute atomic E-state index is 11.7. The van der Waals surface area contributed by atoms with E-state index < -0.39 is 5.54 Å². The standard InChI is InChI=1S/C16H32N2O2/c1-15(2)9-12-18(13-10-15)11-7-6-8-16(3,17-4)14(19)20-5/h17H,6-13H2,1-5H3. The van der Waals surface area contributed by atoms with Crippen LogP contribution in [-0.4, -0.2) is 50.2 Å². The quantitative estimate of drug-likeness (QED) is 0.576. The van der Waals surface area contributed by atoms with Crippen LogP contribution in [0.4, 0.5) is 0 Å². The van der Waals surface area contributed by atoms with Gasteiger partial charge in [-0.3, -0.25) is 4.79 Å². The number of ether oxygens (including phenoxy) is 1. The Bertz CT molecular complexity index is 308. The molecule has 0 radical (unpaired) electrons. The van der Waals surface area contributed by atoms with Gasteiger partial charge >= 0.3 is 5.97 Å². The molecule has 0 aliphatic carbocycles. The molecule has 0 bridgehead atoms. The molecule has 1 saturated heterocycles. The van der Waals surface area contributed by atoms with Crippen molar-refractivity contribution < 1.29 is 9.53 Å².